The fourth-order valence-corrected chi connectivity index (χ4v) is 3.83. The highest BCUT2D eigenvalue weighted by Crippen LogP contribution is 2.50. The molecule has 1 saturated carbocycles. The molecule has 6 unspecified atom stereocenters. The number of allylic oxidation sites excluding steroid dienone is 2. The first-order valence-corrected chi connectivity index (χ1v) is 7.36. The Labute approximate surface area is 130 Å². The summed E-state index contributed by atoms with van der Waals surface area (Å²) in [5.41, 5.74) is 0. The van der Waals surface area contributed by atoms with Gasteiger partial charge in [-0.3, -0.25) is 9.59 Å². The van der Waals surface area contributed by atoms with Gasteiger partial charge >= 0.3 is 0 Å². The Morgan fingerprint density at radius 2 is 1.09 bits per heavy atom. The molecule has 120 valence electrons. The summed E-state index contributed by atoms with van der Waals surface area (Å²) in [4.78, 5) is 51.0. The molecule has 0 aromatic carbocycles. The molecule has 3 aliphatic carbocycles. The minimum absolute atomic E-state index is 0.168. The number of aldehydes is 2. The Morgan fingerprint density at radius 1 is 0.773 bits per heavy atom. The second-order valence-electron chi connectivity index (χ2n) is 6.48. The third-order valence-electron chi connectivity index (χ3n) is 4.87. The van der Waals surface area contributed by atoms with Crippen molar-refractivity contribution in [3.05, 3.63) is 12.2 Å². The van der Waals surface area contributed by atoms with Crippen LogP contribution in [0.15, 0.2) is 12.2 Å². The number of rotatable bonds is 4. The summed E-state index contributed by atoms with van der Waals surface area (Å²) in [6, 6.07) is 0. The fraction of sp³-hybridized carbons (Fsp3) is 0.625. The summed E-state index contributed by atoms with van der Waals surface area (Å²) >= 11 is 0. The largest absolute Gasteiger partial charge is 0.349 e. The number of fused-ring (bicyclic) bond motifs is 2. The molecule has 3 aliphatic rings. The lowest BCUT2D eigenvalue weighted by Crippen LogP contribution is -2.57. The van der Waals surface area contributed by atoms with Crippen LogP contribution in [0.4, 0.5) is 0 Å². The first-order valence-electron chi connectivity index (χ1n) is 7.36. The van der Waals surface area contributed by atoms with E-state index in [0.717, 1.165) is 12.6 Å². The zero-order valence-electron chi connectivity index (χ0n) is 13.3. The van der Waals surface area contributed by atoms with E-state index in [-0.39, 0.29) is 11.8 Å². The van der Waals surface area contributed by atoms with Gasteiger partial charge in [-0.2, -0.15) is 0 Å². The maximum atomic E-state index is 12.5. The van der Waals surface area contributed by atoms with Gasteiger partial charge in [0.1, 0.15) is 12.6 Å². The summed E-state index contributed by atoms with van der Waals surface area (Å²) in [5, 5.41) is 0. The van der Waals surface area contributed by atoms with Gasteiger partial charge in [-0.05, 0) is 11.8 Å². The molecule has 0 heterocycles. The van der Waals surface area contributed by atoms with Gasteiger partial charge in [0.25, 0.3) is 0 Å². The Balaban J connectivity index is 2.46. The van der Waals surface area contributed by atoms with Gasteiger partial charge in [0, 0.05) is 40.0 Å². The summed E-state index contributed by atoms with van der Waals surface area (Å²) in [6.45, 7) is 0. The Bertz CT molecular complexity index is 480. The van der Waals surface area contributed by atoms with E-state index >= 15 is 0 Å². The standard InChI is InChI=1S/C16H22N2O4/c1-17(2)15(21)13-9-5-6-10(11(13)7-19)14(12(9)8-20)16(22)18(3)4/h5-14H,1-4H3. The Kier molecular flexibility index (Phi) is 4.49. The topological polar surface area (TPSA) is 74.8 Å². The predicted molar refractivity (Wildman–Crippen MR) is 79.6 cm³/mol. The van der Waals surface area contributed by atoms with Crippen molar-refractivity contribution in [2.24, 2.45) is 35.5 Å². The minimum Gasteiger partial charge on any atom is -0.349 e. The molecular formula is C16H22N2O4. The van der Waals surface area contributed by atoms with Gasteiger partial charge in [0.2, 0.25) is 11.8 Å². The fourth-order valence-electron chi connectivity index (χ4n) is 3.83. The van der Waals surface area contributed by atoms with Crippen LogP contribution in [0, 0.1) is 35.5 Å². The van der Waals surface area contributed by atoms with E-state index in [1.165, 1.54) is 9.80 Å². The zero-order chi connectivity index (χ0) is 16.6. The van der Waals surface area contributed by atoms with Gasteiger partial charge in [0.05, 0.1) is 11.8 Å². The maximum absolute atomic E-state index is 12.5. The summed E-state index contributed by atoms with van der Waals surface area (Å²) in [6.07, 6.45) is 5.19. The molecule has 6 nitrogen and oxygen atoms in total. The molecule has 0 aromatic heterocycles. The quantitative estimate of drug-likeness (QED) is 0.534. The predicted octanol–water partition coefficient (Wildman–Crippen LogP) is -0.159. The van der Waals surface area contributed by atoms with Crippen LogP contribution in [0.25, 0.3) is 0 Å². The van der Waals surface area contributed by atoms with Crippen LogP contribution in [0.5, 0.6) is 0 Å². The van der Waals surface area contributed by atoms with E-state index in [1.807, 2.05) is 12.2 Å². The molecule has 6 atom stereocenters. The molecule has 2 bridgehead atoms. The second kappa shape index (κ2) is 6.02. The number of amides is 2. The van der Waals surface area contributed by atoms with Crippen LogP contribution in [-0.2, 0) is 19.2 Å². The van der Waals surface area contributed by atoms with E-state index in [1.54, 1.807) is 28.2 Å². The van der Waals surface area contributed by atoms with Crippen LogP contribution >= 0.6 is 0 Å². The molecule has 0 radical (unpaired) electrons. The molecule has 0 aromatic rings. The van der Waals surface area contributed by atoms with Crippen molar-refractivity contribution in [3.8, 4) is 0 Å². The van der Waals surface area contributed by atoms with Crippen molar-refractivity contribution in [1.29, 1.82) is 0 Å². The van der Waals surface area contributed by atoms with Crippen LogP contribution in [0.1, 0.15) is 0 Å². The molecule has 0 aliphatic heterocycles. The minimum atomic E-state index is -0.566. The molecule has 2 amide bonds. The molecule has 0 saturated heterocycles. The van der Waals surface area contributed by atoms with Gasteiger partial charge in [0.15, 0.2) is 0 Å². The molecule has 6 heteroatoms. The lowest BCUT2D eigenvalue weighted by molar-refractivity contribution is -0.155. The van der Waals surface area contributed by atoms with Crippen molar-refractivity contribution in [1.82, 2.24) is 9.80 Å². The number of hydrogen-bond donors (Lipinski definition) is 0. The van der Waals surface area contributed by atoms with Crippen LogP contribution < -0.4 is 0 Å². The highest BCUT2D eigenvalue weighted by Gasteiger charge is 2.56. The first kappa shape index (κ1) is 16.4. The maximum Gasteiger partial charge on any atom is 0.226 e. The molecular weight excluding hydrogens is 284 g/mol. The number of carbonyl (C=O) groups is 4. The third kappa shape index (κ3) is 2.36. The summed E-state index contributed by atoms with van der Waals surface area (Å²) in [5.74, 6) is -3.39. The molecule has 0 N–H and O–H groups in total. The Hall–Kier alpha value is -1.98. The van der Waals surface area contributed by atoms with Gasteiger partial charge < -0.3 is 19.4 Å². The average Bonchev–Trinajstić information content (AvgIpc) is 2.51. The molecule has 3 rings (SSSR count). The number of nitrogens with zero attached hydrogens (tertiary/aromatic N) is 2. The van der Waals surface area contributed by atoms with Crippen LogP contribution in [0.3, 0.4) is 0 Å². The second-order valence-corrected chi connectivity index (χ2v) is 6.48. The lowest BCUT2D eigenvalue weighted by atomic mass is 9.53. The van der Waals surface area contributed by atoms with Crippen LogP contribution in [0.2, 0.25) is 0 Å². The number of hydrogen-bond acceptors (Lipinski definition) is 4. The average molecular weight is 306 g/mol. The van der Waals surface area contributed by atoms with Crippen molar-refractivity contribution >= 4 is 24.4 Å². The molecule has 0 spiro atoms. The van der Waals surface area contributed by atoms with E-state index in [0.29, 0.717) is 0 Å². The van der Waals surface area contributed by atoms with Crippen molar-refractivity contribution in [3.63, 3.8) is 0 Å². The van der Waals surface area contributed by atoms with Crippen molar-refractivity contribution in [2.75, 3.05) is 28.2 Å². The monoisotopic (exact) mass is 306 g/mol. The SMILES string of the molecule is CN(C)C(=O)C1C(C=O)C2C=CC1C(C=O)C2C(=O)N(C)C. The normalized spacial score (nSPS) is 35.8. The first-order chi connectivity index (χ1) is 10.3. The third-order valence-corrected chi connectivity index (χ3v) is 4.87. The van der Waals surface area contributed by atoms with E-state index in [9.17, 15) is 19.2 Å². The smallest absolute Gasteiger partial charge is 0.226 e. The molecule has 22 heavy (non-hydrogen) atoms. The van der Waals surface area contributed by atoms with Crippen molar-refractivity contribution in [2.45, 2.75) is 0 Å². The Morgan fingerprint density at radius 3 is 1.32 bits per heavy atom. The van der Waals surface area contributed by atoms with Gasteiger partial charge in [-0.15, -0.1) is 0 Å². The van der Waals surface area contributed by atoms with Crippen LogP contribution in [-0.4, -0.2) is 62.4 Å². The summed E-state index contributed by atoms with van der Waals surface area (Å²) < 4.78 is 0. The highest BCUT2D eigenvalue weighted by molar-refractivity contribution is 5.88. The van der Waals surface area contributed by atoms with Gasteiger partial charge in [-0.1, -0.05) is 12.2 Å². The van der Waals surface area contributed by atoms with E-state index in [4.69, 9.17) is 0 Å². The zero-order valence-corrected chi connectivity index (χ0v) is 13.3. The van der Waals surface area contributed by atoms with E-state index < -0.39 is 35.5 Å². The number of carbonyl (C=O) groups excluding carboxylic acids is 4. The summed E-state index contributed by atoms with van der Waals surface area (Å²) in [7, 11) is 6.53. The van der Waals surface area contributed by atoms with E-state index in [2.05, 4.69) is 0 Å². The lowest BCUT2D eigenvalue weighted by Gasteiger charge is -2.50. The molecule has 1 fully saturated rings. The van der Waals surface area contributed by atoms with Crippen molar-refractivity contribution < 1.29 is 19.2 Å². The van der Waals surface area contributed by atoms with Gasteiger partial charge in [-0.25, -0.2) is 0 Å². The highest BCUT2D eigenvalue weighted by atomic mass is 16.2.